The molecule has 3 atom stereocenters. The van der Waals surface area contributed by atoms with Crippen LogP contribution in [0.3, 0.4) is 0 Å². The van der Waals surface area contributed by atoms with E-state index in [0.29, 0.717) is 0 Å². The predicted molar refractivity (Wildman–Crippen MR) is 71.2 cm³/mol. The zero-order valence-corrected chi connectivity index (χ0v) is 12.1. The van der Waals surface area contributed by atoms with E-state index in [1.54, 1.807) is 30.3 Å². The van der Waals surface area contributed by atoms with Crippen LogP contribution in [0.2, 0.25) is 0 Å². The fraction of sp³-hybridized carbons (Fsp3) is 0.500. The summed E-state index contributed by atoms with van der Waals surface area (Å²) in [6, 6.07) is 8.28. The van der Waals surface area contributed by atoms with Crippen molar-refractivity contribution in [2.45, 2.75) is 24.0 Å². The number of ether oxygens (including phenoxy) is 1. The molecule has 0 unspecified atom stereocenters. The summed E-state index contributed by atoms with van der Waals surface area (Å²) in [5.41, 5.74) is 0. The smallest absolute Gasteiger partial charge is 0.310 e. The van der Waals surface area contributed by atoms with E-state index in [9.17, 15) is 13.2 Å². The number of carbonyl (C=O) groups excluding carboxylic acids is 1. The van der Waals surface area contributed by atoms with Crippen molar-refractivity contribution in [2.75, 3.05) is 7.11 Å². The molecule has 0 radical (unpaired) electrons. The summed E-state index contributed by atoms with van der Waals surface area (Å²) in [7, 11) is -2.17. The number of sulfone groups is 1. The van der Waals surface area contributed by atoms with Crippen LogP contribution in [-0.4, -0.2) is 26.7 Å². The first-order valence-corrected chi connectivity index (χ1v) is 7.82. The molecule has 0 aromatic heterocycles. The molecule has 0 aliphatic heterocycles. The van der Waals surface area contributed by atoms with E-state index < -0.39 is 27.0 Å². The van der Waals surface area contributed by atoms with Crippen LogP contribution in [0.4, 0.5) is 0 Å². The minimum atomic E-state index is -3.47. The summed E-state index contributed by atoms with van der Waals surface area (Å²) in [5, 5.41) is -0.651. The Balaban J connectivity index is 2.34. The maximum absolute atomic E-state index is 12.5. The topological polar surface area (TPSA) is 60.4 Å². The summed E-state index contributed by atoms with van der Waals surface area (Å²) in [6.07, 6.45) is 0. The molecule has 2 rings (SSSR count). The lowest BCUT2D eigenvalue weighted by molar-refractivity contribution is -0.142. The Morgan fingerprint density at radius 1 is 1.21 bits per heavy atom. The van der Waals surface area contributed by atoms with E-state index in [-0.39, 0.29) is 16.7 Å². The largest absolute Gasteiger partial charge is 0.469 e. The lowest BCUT2D eigenvalue weighted by atomic mass is 10.1. The number of rotatable bonds is 4. The molecule has 0 amide bonds. The van der Waals surface area contributed by atoms with E-state index in [2.05, 4.69) is 0 Å². The highest BCUT2D eigenvalue weighted by Crippen LogP contribution is 2.51. The minimum Gasteiger partial charge on any atom is -0.469 e. The maximum atomic E-state index is 12.5. The molecule has 4 nitrogen and oxygen atoms in total. The van der Waals surface area contributed by atoms with Crippen molar-refractivity contribution < 1.29 is 17.9 Å². The molecule has 0 saturated heterocycles. The normalized spacial score (nSPS) is 26.2. The van der Waals surface area contributed by atoms with Crippen LogP contribution >= 0.6 is 0 Å². The Bertz CT molecular complexity index is 562. The zero-order chi connectivity index (χ0) is 14.2. The highest BCUT2D eigenvalue weighted by molar-refractivity contribution is 7.92. The molecule has 0 spiro atoms. The van der Waals surface area contributed by atoms with Crippen molar-refractivity contribution in [1.29, 1.82) is 0 Å². The first-order chi connectivity index (χ1) is 8.91. The third kappa shape index (κ3) is 2.39. The second-order valence-electron chi connectivity index (χ2n) is 5.19. The average Bonchev–Trinajstić information content (AvgIpc) is 3.15. The Labute approximate surface area is 113 Å². The van der Waals surface area contributed by atoms with E-state index in [1.165, 1.54) is 7.11 Å². The SMILES string of the molecule is COC(=O)[C@H]1[C@@H](C(C)C)[C@@H]1S(=O)(=O)c1ccccc1. The lowest BCUT2D eigenvalue weighted by Crippen LogP contribution is -2.14. The molecule has 0 bridgehead atoms. The average molecular weight is 282 g/mol. The molecule has 1 aliphatic rings. The Morgan fingerprint density at radius 3 is 2.26 bits per heavy atom. The quantitative estimate of drug-likeness (QED) is 0.791. The molecule has 1 fully saturated rings. The van der Waals surface area contributed by atoms with Crippen molar-refractivity contribution in [1.82, 2.24) is 0 Å². The first-order valence-electron chi connectivity index (χ1n) is 6.28. The fourth-order valence-corrected chi connectivity index (χ4v) is 5.03. The third-order valence-electron chi connectivity index (χ3n) is 3.68. The predicted octanol–water partition coefficient (Wildman–Crippen LogP) is 1.90. The summed E-state index contributed by atoms with van der Waals surface area (Å²) in [6.45, 7) is 3.86. The number of methoxy groups -OCH3 is 1. The van der Waals surface area contributed by atoms with Crippen LogP contribution in [0.1, 0.15) is 13.8 Å². The first kappa shape index (κ1) is 14.1. The number of hydrogen-bond acceptors (Lipinski definition) is 4. The van der Waals surface area contributed by atoms with Crippen molar-refractivity contribution in [3.05, 3.63) is 30.3 Å². The Kier molecular flexibility index (Phi) is 3.67. The third-order valence-corrected chi connectivity index (χ3v) is 5.93. The second-order valence-corrected chi connectivity index (χ2v) is 7.30. The molecule has 1 saturated carbocycles. The van der Waals surface area contributed by atoms with Crippen molar-refractivity contribution in [2.24, 2.45) is 17.8 Å². The van der Waals surface area contributed by atoms with Gasteiger partial charge in [0.05, 0.1) is 23.2 Å². The van der Waals surface area contributed by atoms with Gasteiger partial charge in [-0.25, -0.2) is 8.42 Å². The molecule has 5 heteroatoms. The van der Waals surface area contributed by atoms with Gasteiger partial charge in [-0.1, -0.05) is 32.0 Å². The number of benzene rings is 1. The van der Waals surface area contributed by atoms with Crippen LogP contribution < -0.4 is 0 Å². The highest BCUT2D eigenvalue weighted by atomic mass is 32.2. The van der Waals surface area contributed by atoms with Crippen LogP contribution in [-0.2, 0) is 19.4 Å². The van der Waals surface area contributed by atoms with Gasteiger partial charge in [0.2, 0.25) is 0 Å². The summed E-state index contributed by atoms with van der Waals surface area (Å²) >= 11 is 0. The maximum Gasteiger partial charge on any atom is 0.310 e. The molecule has 1 aromatic rings. The molecule has 0 N–H and O–H groups in total. The van der Waals surface area contributed by atoms with Gasteiger partial charge in [-0.2, -0.15) is 0 Å². The number of hydrogen-bond donors (Lipinski definition) is 0. The molecule has 1 aromatic carbocycles. The van der Waals surface area contributed by atoms with Crippen LogP contribution in [0.25, 0.3) is 0 Å². The van der Waals surface area contributed by atoms with Crippen LogP contribution in [0.15, 0.2) is 35.2 Å². The number of carbonyl (C=O) groups is 1. The Hall–Kier alpha value is -1.36. The van der Waals surface area contributed by atoms with Gasteiger partial charge in [-0.3, -0.25) is 4.79 Å². The van der Waals surface area contributed by atoms with Crippen LogP contribution in [0.5, 0.6) is 0 Å². The molecule has 104 valence electrons. The fourth-order valence-electron chi connectivity index (χ4n) is 2.69. The van der Waals surface area contributed by atoms with E-state index in [1.807, 2.05) is 13.8 Å². The van der Waals surface area contributed by atoms with Crippen molar-refractivity contribution in [3.8, 4) is 0 Å². The van der Waals surface area contributed by atoms with Crippen molar-refractivity contribution >= 4 is 15.8 Å². The van der Waals surface area contributed by atoms with Gasteiger partial charge in [-0.05, 0) is 24.0 Å². The number of esters is 1. The minimum absolute atomic E-state index is 0.132. The lowest BCUT2D eigenvalue weighted by Gasteiger charge is -2.05. The van der Waals surface area contributed by atoms with E-state index >= 15 is 0 Å². The summed E-state index contributed by atoms with van der Waals surface area (Å²) in [5.74, 6) is -0.983. The van der Waals surface area contributed by atoms with Gasteiger partial charge in [0.25, 0.3) is 0 Å². The molecular formula is C14H18O4S. The standard InChI is InChI=1S/C14H18O4S/c1-9(2)11-12(14(15)18-3)13(11)19(16,17)10-7-5-4-6-8-10/h4-9,11-13H,1-3H3/t11-,12+,13+/m1/s1. The molecule has 0 heterocycles. The monoisotopic (exact) mass is 282 g/mol. The second kappa shape index (κ2) is 4.96. The zero-order valence-electron chi connectivity index (χ0n) is 11.2. The molecular weight excluding hydrogens is 264 g/mol. The van der Waals surface area contributed by atoms with E-state index in [4.69, 9.17) is 4.74 Å². The van der Waals surface area contributed by atoms with Crippen molar-refractivity contribution in [3.63, 3.8) is 0 Å². The van der Waals surface area contributed by atoms with Crippen LogP contribution in [0, 0.1) is 17.8 Å². The summed E-state index contributed by atoms with van der Waals surface area (Å²) < 4.78 is 29.8. The van der Waals surface area contributed by atoms with Gasteiger partial charge >= 0.3 is 5.97 Å². The van der Waals surface area contributed by atoms with Gasteiger partial charge in [0.15, 0.2) is 9.84 Å². The van der Waals surface area contributed by atoms with Gasteiger partial charge in [0.1, 0.15) is 0 Å². The molecule has 19 heavy (non-hydrogen) atoms. The van der Waals surface area contributed by atoms with E-state index in [0.717, 1.165) is 0 Å². The van der Waals surface area contributed by atoms with Gasteiger partial charge < -0.3 is 4.74 Å². The van der Waals surface area contributed by atoms with Gasteiger partial charge in [-0.15, -0.1) is 0 Å². The molecule has 1 aliphatic carbocycles. The summed E-state index contributed by atoms with van der Waals surface area (Å²) in [4.78, 5) is 12.0. The Morgan fingerprint density at radius 2 is 1.79 bits per heavy atom. The highest BCUT2D eigenvalue weighted by Gasteiger charge is 2.63. The van der Waals surface area contributed by atoms with Gasteiger partial charge in [0, 0.05) is 0 Å².